The predicted octanol–water partition coefficient (Wildman–Crippen LogP) is 3.59. The van der Waals surface area contributed by atoms with Gasteiger partial charge in [-0.3, -0.25) is 14.9 Å². The first kappa shape index (κ1) is 14.7. The third-order valence-corrected chi connectivity index (χ3v) is 3.20. The number of para-hydroxylation sites is 2. The van der Waals surface area contributed by atoms with E-state index in [1.165, 1.54) is 6.07 Å². The maximum atomic E-state index is 12.3. The number of benzene rings is 2. The van der Waals surface area contributed by atoms with E-state index >= 15 is 0 Å². The summed E-state index contributed by atoms with van der Waals surface area (Å²) >= 11 is 0. The number of ketones is 1. The molecule has 0 amide bonds. The van der Waals surface area contributed by atoms with Crippen LogP contribution in [0.1, 0.15) is 22.8 Å². The van der Waals surface area contributed by atoms with Crippen LogP contribution in [0.5, 0.6) is 0 Å². The highest BCUT2D eigenvalue weighted by atomic mass is 16.6. The molecule has 0 spiro atoms. The Morgan fingerprint density at radius 3 is 2.38 bits per heavy atom. The number of hydrogen-bond donors (Lipinski definition) is 1. The fourth-order valence-electron chi connectivity index (χ4n) is 2.02. The zero-order valence-electron chi connectivity index (χ0n) is 11.9. The van der Waals surface area contributed by atoms with E-state index in [1.807, 2.05) is 19.1 Å². The number of rotatable bonds is 5. The van der Waals surface area contributed by atoms with Crippen LogP contribution in [0.3, 0.4) is 0 Å². The Morgan fingerprint density at radius 1 is 1.14 bits per heavy atom. The molecule has 1 N–H and O–H groups in total. The molecule has 0 heterocycles. The molecule has 2 rings (SSSR count). The van der Waals surface area contributed by atoms with E-state index in [9.17, 15) is 14.9 Å². The molecule has 2 aromatic rings. The van der Waals surface area contributed by atoms with Crippen LogP contribution in [0, 0.1) is 17.0 Å². The molecule has 0 bridgehead atoms. The van der Waals surface area contributed by atoms with Crippen LogP contribution in [0.25, 0.3) is 0 Å². The molecule has 0 aliphatic rings. The van der Waals surface area contributed by atoms with E-state index in [4.69, 9.17) is 0 Å². The smallest absolute Gasteiger partial charge is 0.292 e. The molecule has 0 fully saturated rings. The van der Waals surface area contributed by atoms with Crippen molar-refractivity contribution in [3.05, 3.63) is 69.8 Å². The number of carbonyl (C=O) groups is 1. The maximum Gasteiger partial charge on any atom is 0.292 e. The standard InChI is InChI=1S/C16H16N2O3/c1-11-7-9-13(10-8-11)16(19)12(2)17-14-5-3-4-6-15(14)18(20)21/h3-10,12,17H,1-2H3/t12-/m0/s1. The molecule has 108 valence electrons. The van der Waals surface area contributed by atoms with Gasteiger partial charge in [-0.1, -0.05) is 42.0 Å². The maximum absolute atomic E-state index is 12.3. The molecular formula is C16H16N2O3. The van der Waals surface area contributed by atoms with Crippen LogP contribution in [0.2, 0.25) is 0 Å². The molecule has 5 heteroatoms. The minimum Gasteiger partial charge on any atom is -0.370 e. The van der Waals surface area contributed by atoms with Crippen molar-refractivity contribution >= 4 is 17.2 Å². The fraction of sp³-hybridized carbons (Fsp3) is 0.188. The van der Waals surface area contributed by atoms with Crippen LogP contribution in [0.15, 0.2) is 48.5 Å². The Bertz CT molecular complexity index is 665. The molecule has 5 nitrogen and oxygen atoms in total. The van der Waals surface area contributed by atoms with Gasteiger partial charge in [0.15, 0.2) is 5.78 Å². The van der Waals surface area contributed by atoms with E-state index < -0.39 is 11.0 Å². The van der Waals surface area contributed by atoms with E-state index in [0.29, 0.717) is 11.3 Å². The lowest BCUT2D eigenvalue weighted by Gasteiger charge is -2.14. The first-order chi connectivity index (χ1) is 9.99. The molecule has 0 saturated heterocycles. The Morgan fingerprint density at radius 2 is 1.76 bits per heavy atom. The van der Waals surface area contributed by atoms with Crippen LogP contribution in [-0.4, -0.2) is 16.7 Å². The van der Waals surface area contributed by atoms with Gasteiger partial charge < -0.3 is 5.32 Å². The summed E-state index contributed by atoms with van der Waals surface area (Å²) in [7, 11) is 0. The number of nitrogens with zero attached hydrogens (tertiary/aromatic N) is 1. The van der Waals surface area contributed by atoms with Crippen LogP contribution in [-0.2, 0) is 0 Å². The van der Waals surface area contributed by atoms with Gasteiger partial charge in [-0.2, -0.15) is 0 Å². The highest BCUT2D eigenvalue weighted by Gasteiger charge is 2.19. The zero-order chi connectivity index (χ0) is 15.4. The molecule has 1 atom stereocenters. The number of nitro benzene ring substituents is 1. The predicted molar refractivity (Wildman–Crippen MR) is 81.7 cm³/mol. The number of nitrogens with one attached hydrogen (secondary N) is 1. The summed E-state index contributed by atoms with van der Waals surface area (Å²) in [5, 5.41) is 13.9. The van der Waals surface area contributed by atoms with Gasteiger partial charge in [0.2, 0.25) is 0 Å². The number of hydrogen-bond acceptors (Lipinski definition) is 4. The van der Waals surface area contributed by atoms with Gasteiger partial charge in [-0.25, -0.2) is 0 Å². The van der Waals surface area contributed by atoms with Gasteiger partial charge in [0, 0.05) is 11.6 Å². The Hall–Kier alpha value is -2.69. The van der Waals surface area contributed by atoms with E-state index in [-0.39, 0.29) is 11.5 Å². The lowest BCUT2D eigenvalue weighted by molar-refractivity contribution is -0.384. The lowest BCUT2D eigenvalue weighted by Crippen LogP contribution is -2.26. The van der Waals surface area contributed by atoms with Gasteiger partial charge in [-0.15, -0.1) is 0 Å². The summed E-state index contributed by atoms with van der Waals surface area (Å²) in [5.74, 6) is -0.104. The van der Waals surface area contributed by atoms with Crippen molar-refractivity contribution in [3.8, 4) is 0 Å². The van der Waals surface area contributed by atoms with Gasteiger partial charge in [-0.05, 0) is 19.9 Å². The number of nitro groups is 1. The normalized spacial score (nSPS) is 11.7. The Balaban J connectivity index is 2.18. The van der Waals surface area contributed by atoms with Crippen molar-refractivity contribution in [2.24, 2.45) is 0 Å². The second-order valence-electron chi connectivity index (χ2n) is 4.87. The fourth-order valence-corrected chi connectivity index (χ4v) is 2.02. The molecule has 0 aromatic heterocycles. The van der Waals surface area contributed by atoms with Crippen molar-refractivity contribution in [1.29, 1.82) is 0 Å². The van der Waals surface area contributed by atoms with Gasteiger partial charge in [0.1, 0.15) is 5.69 Å². The third-order valence-electron chi connectivity index (χ3n) is 3.20. The molecule has 21 heavy (non-hydrogen) atoms. The van der Waals surface area contributed by atoms with Crippen LogP contribution >= 0.6 is 0 Å². The zero-order valence-corrected chi connectivity index (χ0v) is 11.9. The molecule has 2 aromatic carbocycles. The third kappa shape index (κ3) is 3.45. The highest BCUT2D eigenvalue weighted by molar-refractivity contribution is 6.01. The van der Waals surface area contributed by atoms with Crippen molar-refractivity contribution in [2.45, 2.75) is 19.9 Å². The molecule has 0 radical (unpaired) electrons. The second kappa shape index (κ2) is 6.17. The largest absolute Gasteiger partial charge is 0.370 e. The van der Waals surface area contributed by atoms with Crippen molar-refractivity contribution in [2.75, 3.05) is 5.32 Å². The molecule has 0 saturated carbocycles. The summed E-state index contributed by atoms with van der Waals surface area (Å²) < 4.78 is 0. The highest BCUT2D eigenvalue weighted by Crippen LogP contribution is 2.24. The number of Topliss-reactive ketones (excluding diaryl/α,β-unsaturated/α-hetero) is 1. The van der Waals surface area contributed by atoms with Crippen molar-refractivity contribution in [1.82, 2.24) is 0 Å². The van der Waals surface area contributed by atoms with Gasteiger partial charge in [0.05, 0.1) is 11.0 Å². The summed E-state index contributed by atoms with van der Waals surface area (Å²) in [5.41, 5.74) is 1.96. The number of aryl methyl sites for hydroxylation is 1. The molecule has 0 aliphatic heterocycles. The molecule has 0 unspecified atom stereocenters. The number of carbonyl (C=O) groups excluding carboxylic acids is 1. The Kier molecular flexibility index (Phi) is 4.33. The quantitative estimate of drug-likeness (QED) is 0.517. The van der Waals surface area contributed by atoms with Crippen LogP contribution in [0.4, 0.5) is 11.4 Å². The average molecular weight is 284 g/mol. The second-order valence-corrected chi connectivity index (χ2v) is 4.87. The summed E-state index contributed by atoms with van der Waals surface area (Å²) in [4.78, 5) is 22.8. The SMILES string of the molecule is Cc1ccc(C(=O)[C@H](C)Nc2ccccc2[N+](=O)[O-])cc1. The van der Waals surface area contributed by atoms with E-state index in [1.54, 1.807) is 37.3 Å². The number of anilines is 1. The summed E-state index contributed by atoms with van der Waals surface area (Å²) in [6, 6.07) is 13.0. The van der Waals surface area contributed by atoms with E-state index in [0.717, 1.165) is 5.56 Å². The topological polar surface area (TPSA) is 72.2 Å². The first-order valence-electron chi connectivity index (χ1n) is 6.60. The average Bonchev–Trinajstić information content (AvgIpc) is 2.47. The molecular weight excluding hydrogens is 268 g/mol. The van der Waals surface area contributed by atoms with E-state index in [2.05, 4.69) is 5.32 Å². The van der Waals surface area contributed by atoms with Gasteiger partial charge in [0.25, 0.3) is 5.69 Å². The first-order valence-corrected chi connectivity index (χ1v) is 6.60. The van der Waals surface area contributed by atoms with Crippen LogP contribution < -0.4 is 5.32 Å². The van der Waals surface area contributed by atoms with Crippen molar-refractivity contribution in [3.63, 3.8) is 0 Å². The van der Waals surface area contributed by atoms with Gasteiger partial charge >= 0.3 is 0 Å². The minimum absolute atomic E-state index is 0.0407. The monoisotopic (exact) mass is 284 g/mol. The Labute approximate surface area is 122 Å². The lowest BCUT2D eigenvalue weighted by atomic mass is 10.0. The molecule has 0 aliphatic carbocycles. The summed E-state index contributed by atoms with van der Waals surface area (Å²) in [6.45, 7) is 3.64. The minimum atomic E-state index is -0.547. The van der Waals surface area contributed by atoms with Crippen molar-refractivity contribution < 1.29 is 9.72 Å². The summed E-state index contributed by atoms with van der Waals surface area (Å²) in [6.07, 6.45) is 0.